The molecule has 0 bridgehead atoms. The van der Waals surface area contributed by atoms with Gasteiger partial charge in [-0.1, -0.05) is 26.0 Å². The summed E-state index contributed by atoms with van der Waals surface area (Å²) in [6, 6.07) is 5.86. The van der Waals surface area contributed by atoms with E-state index in [0.29, 0.717) is 17.9 Å². The van der Waals surface area contributed by atoms with Crippen molar-refractivity contribution in [2.75, 3.05) is 5.32 Å². The van der Waals surface area contributed by atoms with Crippen molar-refractivity contribution in [1.29, 1.82) is 0 Å². The molecule has 136 valence electrons. The first-order chi connectivity index (χ1) is 12.3. The van der Waals surface area contributed by atoms with Crippen molar-refractivity contribution in [3.05, 3.63) is 47.4 Å². The Bertz CT molecular complexity index is 887. The van der Waals surface area contributed by atoms with Crippen molar-refractivity contribution >= 4 is 11.7 Å². The molecule has 1 aliphatic carbocycles. The maximum Gasteiger partial charge on any atom is 0.387 e. The lowest BCUT2D eigenvalue weighted by Gasteiger charge is -2.38. The number of carbonyl (C=O) groups is 1. The van der Waals surface area contributed by atoms with E-state index in [4.69, 9.17) is 0 Å². The summed E-state index contributed by atoms with van der Waals surface area (Å²) in [5.41, 5.74) is 2.14. The smallest absolute Gasteiger partial charge is 0.387 e. The predicted octanol–water partition coefficient (Wildman–Crippen LogP) is 3.54. The highest BCUT2D eigenvalue weighted by atomic mass is 19.3. The number of ether oxygens (including phenoxy) is 1. The number of alkyl halides is 2. The molecule has 0 amide bonds. The van der Waals surface area contributed by atoms with Gasteiger partial charge in [0, 0.05) is 17.7 Å². The first-order valence-corrected chi connectivity index (χ1v) is 8.32. The fourth-order valence-electron chi connectivity index (χ4n) is 3.69. The number of aromatic nitrogens is 3. The number of allylic oxidation sites excluding steroid dienone is 2. The maximum absolute atomic E-state index is 12.9. The lowest BCUT2D eigenvalue weighted by molar-refractivity contribution is -0.118. The van der Waals surface area contributed by atoms with Crippen LogP contribution in [0.25, 0.3) is 0 Å². The zero-order valence-electron chi connectivity index (χ0n) is 14.4. The van der Waals surface area contributed by atoms with E-state index in [-0.39, 0.29) is 16.9 Å². The molecule has 1 atom stereocenters. The Morgan fingerprint density at radius 2 is 2.00 bits per heavy atom. The third kappa shape index (κ3) is 2.85. The number of nitrogens with zero attached hydrogens (tertiary/aromatic N) is 3. The number of Topliss-reactive ketones (excluding diaryl/α,β-unsaturated/α-hetero) is 1. The van der Waals surface area contributed by atoms with Crippen molar-refractivity contribution < 1.29 is 18.3 Å². The van der Waals surface area contributed by atoms with Gasteiger partial charge in [-0.15, -0.1) is 0 Å². The van der Waals surface area contributed by atoms with E-state index in [2.05, 4.69) is 34.0 Å². The molecule has 4 rings (SSSR count). The molecule has 1 aromatic heterocycles. The summed E-state index contributed by atoms with van der Waals surface area (Å²) in [5.74, 6) is 0.691. The second-order valence-electron chi connectivity index (χ2n) is 7.34. The largest absolute Gasteiger partial charge is 0.435 e. The van der Waals surface area contributed by atoms with Gasteiger partial charge in [-0.2, -0.15) is 18.9 Å². The average Bonchev–Trinajstić information content (AvgIpc) is 3.00. The molecule has 2 aromatic rings. The van der Waals surface area contributed by atoms with Gasteiger partial charge in [-0.3, -0.25) is 4.79 Å². The third-order valence-electron chi connectivity index (χ3n) is 4.69. The Labute approximate surface area is 148 Å². The summed E-state index contributed by atoms with van der Waals surface area (Å²) in [6.45, 7) is 1.24. The summed E-state index contributed by atoms with van der Waals surface area (Å²) >= 11 is 0. The zero-order chi connectivity index (χ0) is 18.5. The quantitative estimate of drug-likeness (QED) is 0.907. The van der Waals surface area contributed by atoms with Crippen LogP contribution in [-0.2, 0) is 4.79 Å². The third-order valence-corrected chi connectivity index (χ3v) is 4.69. The highest BCUT2D eigenvalue weighted by Crippen LogP contribution is 2.45. The van der Waals surface area contributed by atoms with Crippen LogP contribution in [0.3, 0.4) is 0 Å². The van der Waals surface area contributed by atoms with E-state index in [0.717, 1.165) is 17.7 Å². The molecule has 1 N–H and O–H groups in total. The number of carbonyl (C=O) groups excluding carboxylic acids is 1. The minimum absolute atomic E-state index is 0.0582. The molecule has 0 fully saturated rings. The number of fused-ring (bicyclic) bond motifs is 1. The molecule has 26 heavy (non-hydrogen) atoms. The average molecular weight is 360 g/mol. The van der Waals surface area contributed by atoms with Crippen LogP contribution in [0.15, 0.2) is 41.9 Å². The lowest BCUT2D eigenvalue weighted by Crippen LogP contribution is -2.36. The molecule has 1 aromatic carbocycles. The van der Waals surface area contributed by atoms with Crippen LogP contribution >= 0.6 is 0 Å². The Kier molecular flexibility index (Phi) is 3.78. The van der Waals surface area contributed by atoms with Crippen LogP contribution in [0.2, 0.25) is 0 Å². The fraction of sp³-hybridized carbons (Fsp3) is 0.389. The van der Waals surface area contributed by atoms with E-state index in [9.17, 15) is 13.6 Å². The molecule has 0 unspecified atom stereocenters. The van der Waals surface area contributed by atoms with Gasteiger partial charge >= 0.3 is 6.61 Å². The maximum atomic E-state index is 12.9. The van der Waals surface area contributed by atoms with Crippen molar-refractivity contribution in [3.8, 4) is 5.75 Å². The number of hydrogen-bond acceptors (Lipinski definition) is 5. The molecule has 0 spiro atoms. The monoisotopic (exact) mass is 360 g/mol. The van der Waals surface area contributed by atoms with Gasteiger partial charge in [-0.05, 0) is 29.5 Å². The summed E-state index contributed by atoms with van der Waals surface area (Å²) < 4.78 is 30.8. The Hall–Kier alpha value is -2.77. The molecule has 0 radical (unpaired) electrons. The molecule has 0 saturated carbocycles. The standard InChI is InChI=1S/C18H18F2N4O2/c1-18(2)7-12-14(13(25)8-18)15(24-17(23-12)21-9-22-24)10-3-5-11(6-4-10)26-16(19)20/h3-6,9,15-16H,7-8H2,1-2H3,(H,21,22,23)/t15-/m1/s1. The van der Waals surface area contributed by atoms with Crippen LogP contribution in [0.5, 0.6) is 5.75 Å². The van der Waals surface area contributed by atoms with Gasteiger partial charge in [0.25, 0.3) is 0 Å². The Morgan fingerprint density at radius 1 is 1.27 bits per heavy atom. The molecule has 1 aliphatic heterocycles. The molecule has 2 aliphatic rings. The number of ketones is 1. The van der Waals surface area contributed by atoms with Crippen molar-refractivity contribution in [1.82, 2.24) is 14.8 Å². The predicted molar refractivity (Wildman–Crippen MR) is 89.9 cm³/mol. The molecular formula is C18H18F2N4O2. The van der Waals surface area contributed by atoms with E-state index in [1.807, 2.05) is 0 Å². The summed E-state index contributed by atoms with van der Waals surface area (Å²) in [5, 5.41) is 7.48. The summed E-state index contributed by atoms with van der Waals surface area (Å²) in [6.07, 6.45) is 2.60. The number of halogens is 2. The molecule has 0 saturated heterocycles. The molecule has 2 heterocycles. The SMILES string of the molecule is CC1(C)CC(=O)C2=C(C1)Nc1ncnn1[C@@H]2c1ccc(OC(F)F)cc1. The van der Waals surface area contributed by atoms with Crippen molar-refractivity contribution in [2.24, 2.45) is 5.41 Å². The van der Waals surface area contributed by atoms with Gasteiger partial charge in [0.15, 0.2) is 5.78 Å². The molecule has 6 nitrogen and oxygen atoms in total. The van der Waals surface area contributed by atoms with Crippen LogP contribution in [0, 0.1) is 5.41 Å². The normalized spacial score (nSPS) is 21.3. The second-order valence-corrected chi connectivity index (χ2v) is 7.34. The zero-order valence-corrected chi connectivity index (χ0v) is 14.4. The topological polar surface area (TPSA) is 69.0 Å². The Morgan fingerprint density at radius 3 is 2.69 bits per heavy atom. The second kappa shape index (κ2) is 5.89. The van der Waals surface area contributed by atoms with Crippen LogP contribution in [0.4, 0.5) is 14.7 Å². The summed E-state index contributed by atoms with van der Waals surface area (Å²) in [7, 11) is 0. The highest BCUT2D eigenvalue weighted by molar-refractivity contribution is 6.00. The number of rotatable bonds is 3. The van der Waals surface area contributed by atoms with Gasteiger partial charge in [0.2, 0.25) is 5.95 Å². The van der Waals surface area contributed by atoms with Crippen LogP contribution < -0.4 is 10.1 Å². The number of anilines is 1. The van der Waals surface area contributed by atoms with Crippen LogP contribution in [0.1, 0.15) is 38.3 Å². The van der Waals surface area contributed by atoms with E-state index >= 15 is 0 Å². The Balaban J connectivity index is 1.78. The van der Waals surface area contributed by atoms with E-state index in [1.54, 1.807) is 16.8 Å². The lowest BCUT2D eigenvalue weighted by atomic mass is 9.73. The first-order valence-electron chi connectivity index (χ1n) is 8.32. The number of benzene rings is 1. The fourth-order valence-corrected chi connectivity index (χ4v) is 3.69. The number of hydrogen-bond donors (Lipinski definition) is 1. The van der Waals surface area contributed by atoms with E-state index < -0.39 is 12.7 Å². The van der Waals surface area contributed by atoms with Gasteiger partial charge in [0.05, 0.1) is 0 Å². The minimum Gasteiger partial charge on any atom is -0.435 e. The highest BCUT2D eigenvalue weighted by Gasteiger charge is 2.41. The van der Waals surface area contributed by atoms with Crippen LogP contribution in [-0.4, -0.2) is 27.2 Å². The minimum atomic E-state index is -2.88. The summed E-state index contributed by atoms with van der Waals surface area (Å²) in [4.78, 5) is 17.1. The van der Waals surface area contributed by atoms with Crippen molar-refractivity contribution in [3.63, 3.8) is 0 Å². The van der Waals surface area contributed by atoms with Gasteiger partial charge < -0.3 is 10.1 Å². The van der Waals surface area contributed by atoms with Gasteiger partial charge in [0.1, 0.15) is 18.1 Å². The van der Waals surface area contributed by atoms with E-state index in [1.165, 1.54) is 18.5 Å². The molecular weight excluding hydrogens is 342 g/mol. The number of nitrogens with one attached hydrogen (secondary N) is 1. The van der Waals surface area contributed by atoms with Crippen molar-refractivity contribution in [2.45, 2.75) is 39.3 Å². The molecule has 8 heteroatoms. The van der Waals surface area contributed by atoms with Gasteiger partial charge in [-0.25, -0.2) is 4.68 Å². The first kappa shape index (κ1) is 16.7.